The van der Waals surface area contributed by atoms with Gasteiger partial charge in [-0.15, -0.1) is 0 Å². The molecule has 0 radical (unpaired) electrons. The van der Waals surface area contributed by atoms with Crippen molar-refractivity contribution in [1.82, 2.24) is 19.6 Å². The molecule has 1 aromatic rings. The van der Waals surface area contributed by atoms with Crippen LogP contribution in [-0.2, 0) is 11.8 Å². The first-order chi connectivity index (χ1) is 9.62. The Hall–Kier alpha value is -1.40. The molecule has 2 saturated heterocycles. The second-order valence-corrected chi connectivity index (χ2v) is 6.08. The van der Waals surface area contributed by atoms with Crippen LogP contribution in [0.4, 0.5) is 0 Å². The van der Waals surface area contributed by atoms with Gasteiger partial charge in [-0.25, -0.2) is 0 Å². The molecular weight excluding hydrogens is 256 g/mol. The van der Waals surface area contributed by atoms with Gasteiger partial charge in [0.2, 0.25) is 0 Å². The van der Waals surface area contributed by atoms with Gasteiger partial charge >= 0.3 is 0 Å². The molecule has 6 heteroatoms. The summed E-state index contributed by atoms with van der Waals surface area (Å²) in [6.07, 6.45) is 4.62. The maximum Gasteiger partial charge on any atom is 0.257 e. The first kappa shape index (κ1) is 13.6. The van der Waals surface area contributed by atoms with Crippen molar-refractivity contribution in [3.8, 4) is 0 Å². The van der Waals surface area contributed by atoms with Crippen molar-refractivity contribution in [2.75, 3.05) is 46.4 Å². The third-order valence-electron chi connectivity index (χ3n) is 4.42. The highest BCUT2D eigenvalue weighted by Gasteiger charge is 2.49. The summed E-state index contributed by atoms with van der Waals surface area (Å²) >= 11 is 0. The number of carbonyl (C=O) groups is 1. The summed E-state index contributed by atoms with van der Waals surface area (Å²) in [5.74, 6) is 0.110. The minimum atomic E-state index is 0.110. The molecule has 3 heterocycles. The minimum absolute atomic E-state index is 0.110. The Bertz CT molecular complexity index is 493. The van der Waals surface area contributed by atoms with Crippen molar-refractivity contribution in [2.45, 2.75) is 6.42 Å². The molecule has 0 aromatic carbocycles. The lowest BCUT2D eigenvalue weighted by molar-refractivity contribution is 0.00969. The summed E-state index contributed by atoms with van der Waals surface area (Å²) in [6, 6.07) is 0. The molecule has 1 amide bonds. The highest BCUT2D eigenvalue weighted by molar-refractivity contribution is 5.94. The van der Waals surface area contributed by atoms with Crippen LogP contribution in [0.5, 0.6) is 0 Å². The normalized spacial score (nSPS) is 21.4. The summed E-state index contributed by atoms with van der Waals surface area (Å²) in [4.78, 5) is 16.7. The number of aryl methyl sites for hydroxylation is 1. The van der Waals surface area contributed by atoms with Gasteiger partial charge in [0.15, 0.2) is 0 Å². The van der Waals surface area contributed by atoms with Gasteiger partial charge in [0.1, 0.15) is 0 Å². The fourth-order valence-corrected chi connectivity index (χ4v) is 3.32. The van der Waals surface area contributed by atoms with Crippen LogP contribution < -0.4 is 0 Å². The largest absolute Gasteiger partial charge is 0.383 e. The summed E-state index contributed by atoms with van der Waals surface area (Å²) in [5.41, 5.74) is 1.02. The smallest absolute Gasteiger partial charge is 0.257 e. The van der Waals surface area contributed by atoms with E-state index in [1.165, 1.54) is 6.42 Å². The van der Waals surface area contributed by atoms with E-state index in [1.54, 1.807) is 24.2 Å². The molecule has 0 bridgehead atoms. The molecule has 6 nitrogen and oxygen atoms in total. The molecule has 0 unspecified atom stereocenters. The van der Waals surface area contributed by atoms with Gasteiger partial charge in [-0.2, -0.15) is 5.10 Å². The number of hydrogen-bond donors (Lipinski definition) is 0. The third-order valence-corrected chi connectivity index (χ3v) is 4.42. The topological polar surface area (TPSA) is 50.6 Å². The maximum absolute atomic E-state index is 12.3. The van der Waals surface area contributed by atoms with Crippen molar-refractivity contribution in [1.29, 1.82) is 0 Å². The van der Waals surface area contributed by atoms with Crippen LogP contribution in [0.1, 0.15) is 16.8 Å². The summed E-state index contributed by atoms with van der Waals surface area (Å²) in [6.45, 7) is 5.75. The van der Waals surface area contributed by atoms with E-state index < -0.39 is 0 Å². The van der Waals surface area contributed by atoms with E-state index in [2.05, 4.69) is 10.00 Å². The average Bonchev–Trinajstić information content (AvgIpc) is 3.00. The standard InChI is InChI=1S/C14H22N4O2/c1-16-8-12(7-15-16)13(19)18-10-14(11-18)3-4-17(9-14)5-6-20-2/h7-8H,3-6,9-11H2,1-2H3. The highest BCUT2D eigenvalue weighted by Crippen LogP contribution is 2.39. The first-order valence-corrected chi connectivity index (χ1v) is 7.11. The lowest BCUT2D eigenvalue weighted by Gasteiger charge is -2.48. The van der Waals surface area contributed by atoms with Gasteiger partial charge in [0.25, 0.3) is 5.91 Å². The van der Waals surface area contributed by atoms with Crippen LogP contribution in [0.25, 0.3) is 0 Å². The fourth-order valence-electron chi connectivity index (χ4n) is 3.32. The molecular formula is C14H22N4O2. The van der Waals surface area contributed by atoms with Gasteiger partial charge in [-0.05, 0) is 13.0 Å². The number of hydrogen-bond acceptors (Lipinski definition) is 4. The van der Waals surface area contributed by atoms with Crippen LogP contribution in [-0.4, -0.2) is 71.9 Å². The van der Waals surface area contributed by atoms with Crippen LogP contribution in [0.3, 0.4) is 0 Å². The van der Waals surface area contributed by atoms with Gasteiger partial charge in [0, 0.05) is 51.9 Å². The Labute approximate surface area is 119 Å². The van der Waals surface area contributed by atoms with Crippen LogP contribution in [0.15, 0.2) is 12.4 Å². The lowest BCUT2D eigenvalue weighted by atomic mass is 9.79. The molecule has 0 N–H and O–H groups in total. The number of carbonyl (C=O) groups excluding carboxylic acids is 1. The summed E-state index contributed by atoms with van der Waals surface area (Å²) in [5, 5.41) is 4.06. The highest BCUT2D eigenvalue weighted by atomic mass is 16.5. The Morgan fingerprint density at radius 2 is 2.25 bits per heavy atom. The quantitative estimate of drug-likeness (QED) is 0.790. The van der Waals surface area contributed by atoms with Crippen LogP contribution >= 0.6 is 0 Å². The molecule has 0 saturated carbocycles. The van der Waals surface area contributed by atoms with Crippen molar-refractivity contribution in [3.05, 3.63) is 18.0 Å². The molecule has 0 atom stereocenters. The number of amides is 1. The van der Waals surface area contributed by atoms with Crippen molar-refractivity contribution < 1.29 is 9.53 Å². The van der Waals surface area contributed by atoms with Gasteiger partial charge in [0.05, 0.1) is 18.4 Å². The lowest BCUT2D eigenvalue weighted by Crippen LogP contribution is -2.59. The van der Waals surface area contributed by atoms with Crippen LogP contribution in [0.2, 0.25) is 0 Å². The SMILES string of the molecule is COCCN1CCC2(C1)CN(C(=O)c1cnn(C)c1)C2. The van der Waals surface area contributed by atoms with E-state index in [0.717, 1.165) is 39.3 Å². The second kappa shape index (κ2) is 5.18. The van der Waals surface area contributed by atoms with Crippen molar-refractivity contribution >= 4 is 5.91 Å². The first-order valence-electron chi connectivity index (χ1n) is 7.11. The summed E-state index contributed by atoms with van der Waals surface area (Å²) < 4.78 is 6.80. The minimum Gasteiger partial charge on any atom is -0.383 e. The predicted molar refractivity (Wildman–Crippen MR) is 74.5 cm³/mol. The zero-order valence-electron chi connectivity index (χ0n) is 12.2. The van der Waals surface area contributed by atoms with Crippen LogP contribution in [0, 0.1) is 5.41 Å². The number of aromatic nitrogens is 2. The van der Waals surface area contributed by atoms with Crippen molar-refractivity contribution in [2.24, 2.45) is 12.5 Å². The Kier molecular flexibility index (Phi) is 3.52. The molecule has 0 aliphatic carbocycles. The zero-order chi connectivity index (χ0) is 14.2. The molecule has 1 aromatic heterocycles. The van der Waals surface area contributed by atoms with E-state index >= 15 is 0 Å². The van der Waals surface area contributed by atoms with Crippen molar-refractivity contribution in [3.63, 3.8) is 0 Å². The Morgan fingerprint density at radius 3 is 2.90 bits per heavy atom. The van der Waals surface area contributed by atoms with Gasteiger partial charge in [-0.1, -0.05) is 0 Å². The molecule has 2 fully saturated rings. The molecule has 1 spiro atoms. The zero-order valence-corrected chi connectivity index (χ0v) is 12.2. The Balaban J connectivity index is 1.52. The molecule has 2 aliphatic heterocycles. The van der Waals surface area contributed by atoms with E-state index in [1.807, 2.05) is 11.9 Å². The molecule has 20 heavy (non-hydrogen) atoms. The van der Waals surface area contributed by atoms with E-state index in [0.29, 0.717) is 11.0 Å². The second-order valence-electron chi connectivity index (χ2n) is 6.08. The predicted octanol–water partition coefficient (Wildman–Crippen LogP) is 0.214. The van der Waals surface area contributed by atoms with E-state index in [-0.39, 0.29) is 5.91 Å². The fraction of sp³-hybridized carbons (Fsp3) is 0.714. The molecule has 110 valence electrons. The van der Waals surface area contributed by atoms with E-state index in [4.69, 9.17) is 4.74 Å². The Morgan fingerprint density at radius 1 is 1.45 bits per heavy atom. The summed E-state index contributed by atoms with van der Waals surface area (Å²) in [7, 11) is 3.57. The molecule has 2 aliphatic rings. The maximum atomic E-state index is 12.3. The average molecular weight is 278 g/mol. The number of ether oxygens (including phenoxy) is 1. The number of methoxy groups -OCH3 is 1. The number of rotatable bonds is 4. The van der Waals surface area contributed by atoms with E-state index in [9.17, 15) is 4.79 Å². The number of nitrogens with zero attached hydrogens (tertiary/aromatic N) is 4. The number of likely N-dealkylation sites (tertiary alicyclic amines) is 2. The van der Waals surface area contributed by atoms with Gasteiger partial charge < -0.3 is 14.5 Å². The monoisotopic (exact) mass is 278 g/mol. The third kappa shape index (κ3) is 2.45. The molecule has 3 rings (SSSR count). The van der Waals surface area contributed by atoms with Gasteiger partial charge in [-0.3, -0.25) is 9.48 Å².